The molecule has 0 aromatic heterocycles. The Balaban J connectivity index is 1.91. The van der Waals surface area contributed by atoms with Crippen LogP contribution in [-0.4, -0.2) is 13.1 Å². The lowest BCUT2D eigenvalue weighted by Crippen LogP contribution is -2.26. The largest absolute Gasteiger partial charge is 0.316 e. The molecule has 0 bridgehead atoms. The van der Waals surface area contributed by atoms with E-state index in [2.05, 4.69) is 12.2 Å². The minimum atomic E-state index is 1.00. The molecule has 0 aromatic rings. The molecule has 0 radical (unpaired) electrons. The molecule has 1 heteroatoms. The zero-order valence-corrected chi connectivity index (χ0v) is 8.18. The Morgan fingerprint density at radius 3 is 2.58 bits per heavy atom. The molecule has 2 aliphatic rings. The summed E-state index contributed by atoms with van der Waals surface area (Å²) in [6.07, 6.45) is 7.41. The quantitative estimate of drug-likeness (QED) is 0.632. The van der Waals surface area contributed by atoms with Crippen molar-refractivity contribution in [3.63, 3.8) is 0 Å². The Morgan fingerprint density at radius 2 is 1.92 bits per heavy atom. The van der Waals surface area contributed by atoms with Crippen LogP contribution in [0.25, 0.3) is 0 Å². The smallest absolute Gasteiger partial charge is 0.00173 e. The van der Waals surface area contributed by atoms with Crippen LogP contribution in [0.5, 0.6) is 0 Å². The first-order valence-corrected chi connectivity index (χ1v) is 5.58. The fraction of sp³-hybridized carbons (Fsp3) is 1.00. The predicted molar refractivity (Wildman–Crippen MR) is 52.1 cm³/mol. The van der Waals surface area contributed by atoms with Gasteiger partial charge in [-0.05, 0) is 43.7 Å². The van der Waals surface area contributed by atoms with E-state index in [1.807, 2.05) is 0 Å². The van der Waals surface area contributed by atoms with Gasteiger partial charge in [-0.2, -0.15) is 0 Å². The van der Waals surface area contributed by atoms with Gasteiger partial charge in [0, 0.05) is 0 Å². The Labute approximate surface area is 75.9 Å². The fourth-order valence-electron chi connectivity index (χ4n) is 3.09. The molecule has 1 aliphatic heterocycles. The lowest BCUT2D eigenvalue weighted by atomic mass is 9.73. The molecule has 1 heterocycles. The topological polar surface area (TPSA) is 12.0 Å². The third-order valence-corrected chi connectivity index (χ3v) is 3.88. The summed E-state index contributed by atoms with van der Waals surface area (Å²) in [5.74, 6) is 3.07. The van der Waals surface area contributed by atoms with E-state index in [1.165, 1.54) is 45.2 Å². The number of nitrogens with one attached hydrogen (secondary N) is 1. The molecule has 0 amide bonds. The molecular weight excluding hydrogens is 146 g/mol. The summed E-state index contributed by atoms with van der Waals surface area (Å²) < 4.78 is 0. The second-order valence-corrected chi connectivity index (χ2v) is 4.68. The second kappa shape index (κ2) is 3.78. The molecule has 1 saturated heterocycles. The van der Waals surface area contributed by atoms with E-state index in [9.17, 15) is 0 Å². The highest BCUT2D eigenvalue weighted by molar-refractivity contribution is 4.83. The van der Waals surface area contributed by atoms with Crippen LogP contribution in [0.2, 0.25) is 0 Å². The van der Waals surface area contributed by atoms with Gasteiger partial charge in [0.1, 0.15) is 0 Å². The third kappa shape index (κ3) is 1.66. The first-order chi connectivity index (χ1) is 5.88. The van der Waals surface area contributed by atoms with E-state index in [0.717, 1.165) is 17.8 Å². The van der Waals surface area contributed by atoms with Crippen LogP contribution in [0.15, 0.2) is 0 Å². The monoisotopic (exact) mass is 167 g/mol. The molecule has 0 aromatic carbocycles. The molecule has 1 N–H and O–H groups in total. The molecule has 1 nitrogen and oxygen atoms in total. The molecule has 70 valence electrons. The summed E-state index contributed by atoms with van der Waals surface area (Å²) in [6, 6.07) is 0. The van der Waals surface area contributed by atoms with E-state index in [0.29, 0.717) is 0 Å². The van der Waals surface area contributed by atoms with Gasteiger partial charge < -0.3 is 5.32 Å². The molecule has 12 heavy (non-hydrogen) atoms. The SMILES string of the molecule is C[C@H]1CCCCC1C1CCNC1. The Morgan fingerprint density at radius 1 is 1.08 bits per heavy atom. The second-order valence-electron chi connectivity index (χ2n) is 4.68. The van der Waals surface area contributed by atoms with Gasteiger partial charge in [0.15, 0.2) is 0 Å². The zero-order chi connectivity index (χ0) is 8.39. The van der Waals surface area contributed by atoms with Crippen molar-refractivity contribution in [3.05, 3.63) is 0 Å². The summed E-state index contributed by atoms with van der Waals surface area (Å²) in [6.45, 7) is 5.03. The van der Waals surface area contributed by atoms with E-state index in [-0.39, 0.29) is 0 Å². The first-order valence-electron chi connectivity index (χ1n) is 5.58. The van der Waals surface area contributed by atoms with Gasteiger partial charge >= 0.3 is 0 Å². The van der Waals surface area contributed by atoms with Crippen LogP contribution in [0, 0.1) is 17.8 Å². The van der Waals surface area contributed by atoms with Crippen LogP contribution >= 0.6 is 0 Å². The van der Waals surface area contributed by atoms with Crippen LogP contribution in [0.1, 0.15) is 39.0 Å². The first kappa shape index (κ1) is 8.55. The van der Waals surface area contributed by atoms with Gasteiger partial charge in [0.05, 0.1) is 0 Å². The van der Waals surface area contributed by atoms with Crippen molar-refractivity contribution in [1.82, 2.24) is 5.32 Å². The highest BCUT2D eigenvalue weighted by atomic mass is 14.9. The van der Waals surface area contributed by atoms with Crippen molar-refractivity contribution < 1.29 is 0 Å². The van der Waals surface area contributed by atoms with Crippen molar-refractivity contribution in [2.75, 3.05) is 13.1 Å². The van der Waals surface area contributed by atoms with Gasteiger partial charge in [-0.15, -0.1) is 0 Å². The molecular formula is C11H21N. The maximum atomic E-state index is 3.49. The van der Waals surface area contributed by atoms with E-state index in [1.54, 1.807) is 0 Å². The minimum Gasteiger partial charge on any atom is -0.316 e. The molecule has 1 saturated carbocycles. The van der Waals surface area contributed by atoms with Crippen molar-refractivity contribution in [1.29, 1.82) is 0 Å². The van der Waals surface area contributed by atoms with Gasteiger partial charge in [0.2, 0.25) is 0 Å². The van der Waals surface area contributed by atoms with Crippen molar-refractivity contribution in [3.8, 4) is 0 Å². The summed E-state index contributed by atoms with van der Waals surface area (Å²) in [5, 5.41) is 3.49. The van der Waals surface area contributed by atoms with Gasteiger partial charge in [0.25, 0.3) is 0 Å². The molecule has 0 spiro atoms. The number of rotatable bonds is 1. The lowest BCUT2D eigenvalue weighted by Gasteiger charge is -2.33. The maximum Gasteiger partial charge on any atom is -0.00173 e. The fourth-order valence-corrected chi connectivity index (χ4v) is 3.09. The van der Waals surface area contributed by atoms with Gasteiger partial charge in [-0.3, -0.25) is 0 Å². The van der Waals surface area contributed by atoms with Crippen LogP contribution in [0.4, 0.5) is 0 Å². The van der Waals surface area contributed by atoms with E-state index in [4.69, 9.17) is 0 Å². The maximum absolute atomic E-state index is 3.49. The average Bonchev–Trinajstić information content (AvgIpc) is 2.57. The number of hydrogen-bond donors (Lipinski definition) is 1. The highest BCUT2D eigenvalue weighted by Crippen LogP contribution is 2.36. The van der Waals surface area contributed by atoms with Gasteiger partial charge in [-0.1, -0.05) is 26.2 Å². The van der Waals surface area contributed by atoms with Gasteiger partial charge in [-0.25, -0.2) is 0 Å². The standard InChI is InChI=1S/C11H21N/c1-9-4-2-3-5-11(9)10-6-7-12-8-10/h9-12H,2-8H2,1H3/t9-,10?,11?/m0/s1. The Kier molecular flexibility index (Phi) is 2.69. The average molecular weight is 167 g/mol. The Hall–Kier alpha value is -0.0400. The molecule has 2 fully saturated rings. The summed E-state index contributed by atoms with van der Waals surface area (Å²) in [4.78, 5) is 0. The molecule has 1 aliphatic carbocycles. The normalized spacial score (nSPS) is 43.2. The van der Waals surface area contributed by atoms with Crippen molar-refractivity contribution in [2.45, 2.75) is 39.0 Å². The minimum absolute atomic E-state index is 1.00. The zero-order valence-electron chi connectivity index (χ0n) is 8.18. The number of hydrogen-bond acceptors (Lipinski definition) is 1. The Bertz CT molecular complexity index is 138. The summed E-state index contributed by atoms with van der Waals surface area (Å²) in [7, 11) is 0. The van der Waals surface area contributed by atoms with E-state index < -0.39 is 0 Å². The molecule has 2 rings (SSSR count). The summed E-state index contributed by atoms with van der Waals surface area (Å²) >= 11 is 0. The lowest BCUT2D eigenvalue weighted by molar-refractivity contribution is 0.185. The van der Waals surface area contributed by atoms with Crippen LogP contribution in [-0.2, 0) is 0 Å². The molecule has 3 atom stereocenters. The van der Waals surface area contributed by atoms with Crippen molar-refractivity contribution >= 4 is 0 Å². The van der Waals surface area contributed by atoms with Crippen LogP contribution < -0.4 is 5.32 Å². The predicted octanol–water partition coefficient (Wildman–Crippen LogP) is 2.42. The van der Waals surface area contributed by atoms with E-state index >= 15 is 0 Å². The highest BCUT2D eigenvalue weighted by Gasteiger charge is 2.30. The third-order valence-electron chi connectivity index (χ3n) is 3.88. The summed E-state index contributed by atoms with van der Waals surface area (Å²) in [5.41, 5.74) is 0. The van der Waals surface area contributed by atoms with Crippen molar-refractivity contribution in [2.24, 2.45) is 17.8 Å². The van der Waals surface area contributed by atoms with Crippen LogP contribution in [0.3, 0.4) is 0 Å². The molecule has 2 unspecified atom stereocenters.